The zero-order valence-corrected chi connectivity index (χ0v) is 12.9. The smallest absolute Gasteiger partial charge is 0.138 e. The van der Waals surface area contributed by atoms with Crippen molar-refractivity contribution in [2.24, 2.45) is 0 Å². The van der Waals surface area contributed by atoms with Gasteiger partial charge in [-0.15, -0.1) is 6.58 Å². The molecule has 5 nitrogen and oxygen atoms in total. The van der Waals surface area contributed by atoms with Crippen LogP contribution in [-0.4, -0.2) is 48.1 Å². The standard InChI is InChI=1S/C16H24N2O3/c1-4-7-19-15-10-18(14-6-5-8-20-16(14)15)9-13-11(2)17-21-12(13)3/h4,14-16H,1,5-10H2,2-3H3/t14-,15+,16+/m0/s1. The van der Waals surface area contributed by atoms with Gasteiger partial charge < -0.3 is 14.0 Å². The molecule has 2 aliphatic heterocycles. The first-order valence-electron chi connectivity index (χ1n) is 7.70. The number of nitrogens with zero attached hydrogens (tertiary/aromatic N) is 2. The van der Waals surface area contributed by atoms with Crippen LogP contribution in [0.25, 0.3) is 0 Å². The largest absolute Gasteiger partial charge is 0.374 e. The third-order valence-corrected chi connectivity index (χ3v) is 4.55. The van der Waals surface area contributed by atoms with Crippen molar-refractivity contribution in [1.29, 1.82) is 0 Å². The molecule has 0 unspecified atom stereocenters. The van der Waals surface area contributed by atoms with E-state index in [9.17, 15) is 0 Å². The topological polar surface area (TPSA) is 47.7 Å². The summed E-state index contributed by atoms with van der Waals surface area (Å²) in [6.45, 7) is 10.9. The number of aryl methyl sites for hydroxylation is 2. The average Bonchev–Trinajstić information content (AvgIpc) is 3.01. The fourth-order valence-electron chi connectivity index (χ4n) is 3.45. The van der Waals surface area contributed by atoms with E-state index in [-0.39, 0.29) is 12.2 Å². The van der Waals surface area contributed by atoms with Gasteiger partial charge in [-0.3, -0.25) is 4.90 Å². The third kappa shape index (κ3) is 2.91. The highest BCUT2D eigenvalue weighted by atomic mass is 16.5. The van der Waals surface area contributed by atoms with Crippen molar-refractivity contribution in [2.75, 3.05) is 19.8 Å². The van der Waals surface area contributed by atoms with Gasteiger partial charge in [-0.1, -0.05) is 11.2 Å². The molecular weight excluding hydrogens is 268 g/mol. The summed E-state index contributed by atoms with van der Waals surface area (Å²) in [5.41, 5.74) is 2.18. The molecule has 0 radical (unpaired) electrons. The first-order valence-corrected chi connectivity index (χ1v) is 7.70. The Bertz CT molecular complexity index is 480. The lowest BCUT2D eigenvalue weighted by molar-refractivity contribution is -0.0721. The normalized spacial score (nSPS) is 29.5. The second-order valence-electron chi connectivity index (χ2n) is 5.94. The van der Waals surface area contributed by atoms with E-state index in [2.05, 4.69) is 16.6 Å². The van der Waals surface area contributed by atoms with Gasteiger partial charge in [0.05, 0.1) is 18.4 Å². The van der Waals surface area contributed by atoms with Crippen LogP contribution in [0.4, 0.5) is 0 Å². The highest BCUT2D eigenvalue weighted by Gasteiger charge is 2.44. The highest BCUT2D eigenvalue weighted by molar-refractivity contribution is 5.21. The second kappa shape index (κ2) is 6.30. The molecule has 0 saturated carbocycles. The molecule has 1 aromatic heterocycles. The monoisotopic (exact) mass is 292 g/mol. The van der Waals surface area contributed by atoms with Crippen molar-refractivity contribution in [3.05, 3.63) is 29.7 Å². The van der Waals surface area contributed by atoms with Crippen LogP contribution in [0.1, 0.15) is 29.9 Å². The molecule has 2 saturated heterocycles. The van der Waals surface area contributed by atoms with E-state index in [0.29, 0.717) is 12.6 Å². The molecule has 0 aromatic carbocycles. The number of aromatic nitrogens is 1. The van der Waals surface area contributed by atoms with E-state index >= 15 is 0 Å². The summed E-state index contributed by atoms with van der Waals surface area (Å²) < 4.78 is 17.2. The Morgan fingerprint density at radius 1 is 1.48 bits per heavy atom. The molecule has 3 rings (SSSR count). The Balaban J connectivity index is 1.74. The Kier molecular flexibility index (Phi) is 4.42. The summed E-state index contributed by atoms with van der Waals surface area (Å²) in [5, 5.41) is 4.05. The van der Waals surface area contributed by atoms with E-state index in [1.54, 1.807) is 6.08 Å². The van der Waals surface area contributed by atoms with Gasteiger partial charge in [0.15, 0.2) is 0 Å². The SMILES string of the molecule is C=CCO[C@@H]1CN(Cc2c(C)noc2C)[C@H]2CCCO[C@@H]12. The van der Waals surface area contributed by atoms with Crippen molar-refractivity contribution >= 4 is 0 Å². The van der Waals surface area contributed by atoms with Crippen molar-refractivity contribution in [3.8, 4) is 0 Å². The van der Waals surface area contributed by atoms with E-state index in [1.165, 1.54) is 12.0 Å². The van der Waals surface area contributed by atoms with Crippen LogP contribution >= 0.6 is 0 Å². The summed E-state index contributed by atoms with van der Waals surface area (Å²) in [5.74, 6) is 0.913. The maximum atomic E-state index is 5.98. The lowest BCUT2D eigenvalue weighted by atomic mass is 10.0. The fraction of sp³-hybridized carbons (Fsp3) is 0.688. The zero-order valence-electron chi connectivity index (χ0n) is 12.9. The molecule has 0 amide bonds. The first kappa shape index (κ1) is 14.8. The van der Waals surface area contributed by atoms with Crippen LogP contribution in [0.15, 0.2) is 17.2 Å². The molecule has 2 aliphatic rings. The van der Waals surface area contributed by atoms with Gasteiger partial charge in [-0.25, -0.2) is 0 Å². The van der Waals surface area contributed by atoms with Crippen molar-refractivity contribution in [3.63, 3.8) is 0 Å². The van der Waals surface area contributed by atoms with Crippen LogP contribution in [0, 0.1) is 13.8 Å². The Morgan fingerprint density at radius 3 is 3.05 bits per heavy atom. The number of ether oxygens (including phenoxy) is 2. The molecule has 0 aliphatic carbocycles. The Hall–Kier alpha value is -1.17. The minimum absolute atomic E-state index is 0.133. The molecule has 3 heterocycles. The van der Waals surface area contributed by atoms with Crippen LogP contribution in [0.2, 0.25) is 0 Å². The minimum atomic E-state index is 0.133. The molecule has 3 atom stereocenters. The van der Waals surface area contributed by atoms with Gasteiger partial charge in [-0.05, 0) is 26.7 Å². The van der Waals surface area contributed by atoms with E-state index < -0.39 is 0 Å². The molecule has 0 spiro atoms. The number of rotatable bonds is 5. The summed E-state index contributed by atoms with van der Waals surface area (Å²) in [7, 11) is 0. The van der Waals surface area contributed by atoms with Gasteiger partial charge in [-0.2, -0.15) is 0 Å². The van der Waals surface area contributed by atoms with Crippen LogP contribution in [-0.2, 0) is 16.0 Å². The predicted octanol–water partition coefficient (Wildman–Crippen LogP) is 2.23. The number of hydrogen-bond acceptors (Lipinski definition) is 5. The van der Waals surface area contributed by atoms with Crippen LogP contribution in [0.3, 0.4) is 0 Å². The summed E-state index contributed by atoms with van der Waals surface area (Å²) in [4.78, 5) is 2.46. The molecule has 0 bridgehead atoms. The maximum Gasteiger partial charge on any atom is 0.138 e. The fourth-order valence-corrected chi connectivity index (χ4v) is 3.45. The quantitative estimate of drug-likeness (QED) is 0.779. The molecule has 21 heavy (non-hydrogen) atoms. The van der Waals surface area contributed by atoms with Gasteiger partial charge in [0.2, 0.25) is 0 Å². The van der Waals surface area contributed by atoms with Gasteiger partial charge in [0.1, 0.15) is 11.9 Å². The molecule has 2 fully saturated rings. The summed E-state index contributed by atoms with van der Waals surface area (Å²) in [6.07, 6.45) is 4.40. The molecule has 1 aromatic rings. The van der Waals surface area contributed by atoms with Crippen molar-refractivity contribution in [2.45, 2.75) is 51.5 Å². The Morgan fingerprint density at radius 2 is 2.33 bits per heavy atom. The predicted molar refractivity (Wildman–Crippen MR) is 79.1 cm³/mol. The summed E-state index contributed by atoms with van der Waals surface area (Å²) in [6, 6.07) is 0.433. The van der Waals surface area contributed by atoms with Crippen LogP contribution < -0.4 is 0 Å². The maximum absolute atomic E-state index is 5.98. The second-order valence-corrected chi connectivity index (χ2v) is 5.94. The lowest BCUT2D eigenvalue weighted by Crippen LogP contribution is -2.41. The zero-order chi connectivity index (χ0) is 14.8. The lowest BCUT2D eigenvalue weighted by Gasteiger charge is -2.32. The van der Waals surface area contributed by atoms with E-state index in [1.807, 2.05) is 13.8 Å². The Labute approximate surface area is 125 Å². The summed E-state index contributed by atoms with van der Waals surface area (Å²) >= 11 is 0. The van der Waals surface area contributed by atoms with Gasteiger partial charge in [0, 0.05) is 31.3 Å². The molecule has 5 heteroatoms. The minimum Gasteiger partial charge on any atom is -0.374 e. The number of hydrogen-bond donors (Lipinski definition) is 0. The van der Waals surface area contributed by atoms with Crippen LogP contribution in [0.5, 0.6) is 0 Å². The molecular formula is C16H24N2O3. The number of likely N-dealkylation sites (tertiary alicyclic amines) is 1. The van der Waals surface area contributed by atoms with Crippen molar-refractivity contribution in [1.82, 2.24) is 10.1 Å². The first-order chi connectivity index (χ1) is 10.2. The van der Waals surface area contributed by atoms with Gasteiger partial charge >= 0.3 is 0 Å². The molecule has 0 N–H and O–H groups in total. The van der Waals surface area contributed by atoms with E-state index in [4.69, 9.17) is 14.0 Å². The number of fused-ring (bicyclic) bond motifs is 1. The van der Waals surface area contributed by atoms with E-state index in [0.717, 1.165) is 37.6 Å². The average molecular weight is 292 g/mol. The van der Waals surface area contributed by atoms with Gasteiger partial charge in [0.25, 0.3) is 0 Å². The molecule has 116 valence electrons. The van der Waals surface area contributed by atoms with Crippen molar-refractivity contribution < 1.29 is 14.0 Å². The third-order valence-electron chi connectivity index (χ3n) is 4.55. The highest BCUT2D eigenvalue weighted by Crippen LogP contribution is 2.32.